The van der Waals surface area contributed by atoms with Crippen LogP contribution in [0.5, 0.6) is 5.75 Å². The Morgan fingerprint density at radius 3 is 2.68 bits per heavy atom. The topological polar surface area (TPSA) is 63.7 Å². The number of methoxy groups -OCH3 is 1. The minimum Gasteiger partial charge on any atom is -0.495 e. The van der Waals surface area contributed by atoms with Crippen molar-refractivity contribution in [3.8, 4) is 5.75 Å². The Labute approximate surface area is 168 Å². The highest BCUT2D eigenvalue weighted by molar-refractivity contribution is 6.31. The van der Waals surface area contributed by atoms with Crippen LogP contribution in [0.4, 0.5) is 11.5 Å². The molecule has 0 radical (unpaired) electrons. The van der Waals surface area contributed by atoms with E-state index in [1.54, 1.807) is 31.5 Å². The SMILES string of the molecule is COc1ccc(Cl)cc1NC(=O)c1cnc(N2CCOCC2)c2ccccc12. The van der Waals surface area contributed by atoms with Crippen LogP contribution in [0.15, 0.2) is 48.7 Å². The zero-order valence-electron chi connectivity index (χ0n) is 15.4. The largest absolute Gasteiger partial charge is 0.495 e. The molecule has 6 nitrogen and oxygen atoms in total. The number of carbonyl (C=O) groups excluding carboxylic acids is 1. The maximum Gasteiger partial charge on any atom is 0.257 e. The van der Waals surface area contributed by atoms with Gasteiger partial charge < -0.3 is 19.7 Å². The number of halogens is 1. The lowest BCUT2D eigenvalue weighted by molar-refractivity contribution is 0.102. The Bertz CT molecular complexity index is 1020. The van der Waals surface area contributed by atoms with Gasteiger partial charge in [-0.2, -0.15) is 0 Å². The fourth-order valence-corrected chi connectivity index (χ4v) is 3.53. The van der Waals surface area contributed by atoms with Gasteiger partial charge in [0.25, 0.3) is 5.91 Å². The molecule has 0 spiro atoms. The quantitative estimate of drug-likeness (QED) is 0.721. The molecule has 4 rings (SSSR count). The van der Waals surface area contributed by atoms with E-state index in [2.05, 4.69) is 15.2 Å². The van der Waals surface area contributed by atoms with Gasteiger partial charge in [0.15, 0.2) is 0 Å². The Morgan fingerprint density at radius 2 is 1.93 bits per heavy atom. The van der Waals surface area contributed by atoms with Crippen molar-refractivity contribution in [2.75, 3.05) is 43.6 Å². The van der Waals surface area contributed by atoms with Crippen LogP contribution in [0.1, 0.15) is 10.4 Å². The number of amides is 1. The van der Waals surface area contributed by atoms with Crippen LogP contribution in [0.25, 0.3) is 10.8 Å². The van der Waals surface area contributed by atoms with Crippen molar-refractivity contribution in [3.63, 3.8) is 0 Å². The van der Waals surface area contributed by atoms with Crippen molar-refractivity contribution in [2.45, 2.75) is 0 Å². The second-order valence-electron chi connectivity index (χ2n) is 6.44. The molecular weight excluding hydrogens is 378 g/mol. The van der Waals surface area contributed by atoms with Gasteiger partial charge in [0.05, 0.1) is 31.6 Å². The summed E-state index contributed by atoms with van der Waals surface area (Å²) in [4.78, 5) is 19.8. The Balaban J connectivity index is 1.71. The average Bonchev–Trinajstić information content (AvgIpc) is 2.73. The third-order valence-electron chi connectivity index (χ3n) is 4.74. The van der Waals surface area contributed by atoms with Gasteiger partial charge in [-0.05, 0) is 23.6 Å². The van der Waals surface area contributed by atoms with Crippen LogP contribution >= 0.6 is 11.6 Å². The van der Waals surface area contributed by atoms with Crippen molar-refractivity contribution >= 4 is 39.8 Å². The van der Waals surface area contributed by atoms with Crippen LogP contribution in [-0.2, 0) is 4.74 Å². The molecule has 0 atom stereocenters. The van der Waals surface area contributed by atoms with Crippen molar-refractivity contribution in [2.24, 2.45) is 0 Å². The summed E-state index contributed by atoms with van der Waals surface area (Å²) in [6, 6.07) is 12.9. The van der Waals surface area contributed by atoms with Crippen LogP contribution in [0.2, 0.25) is 5.02 Å². The summed E-state index contributed by atoms with van der Waals surface area (Å²) in [5, 5.41) is 5.19. The molecule has 0 unspecified atom stereocenters. The lowest BCUT2D eigenvalue weighted by atomic mass is 10.1. The maximum atomic E-state index is 13.0. The zero-order chi connectivity index (χ0) is 19.5. The molecular formula is C21H20ClN3O3. The first-order valence-corrected chi connectivity index (χ1v) is 9.40. The molecule has 28 heavy (non-hydrogen) atoms. The number of fused-ring (bicyclic) bond motifs is 1. The molecule has 1 N–H and O–H groups in total. The third kappa shape index (κ3) is 3.61. The van der Waals surface area contributed by atoms with E-state index < -0.39 is 0 Å². The van der Waals surface area contributed by atoms with Crippen molar-refractivity contribution in [3.05, 3.63) is 59.2 Å². The van der Waals surface area contributed by atoms with Crippen molar-refractivity contribution < 1.29 is 14.3 Å². The highest BCUT2D eigenvalue weighted by Crippen LogP contribution is 2.31. The van der Waals surface area contributed by atoms with E-state index in [1.807, 2.05) is 24.3 Å². The monoisotopic (exact) mass is 397 g/mol. The number of nitrogens with one attached hydrogen (secondary N) is 1. The van der Waals surface area contributed by atoms with Gasteiger partial charge in [-0.3, -0.25) is 4.79 Å². The van der Waals surface area contributed by atoms with Gasteiger partial charge in [-0.15, -0.1) is 0 Å². The fourth-order valence-electron chi connectivity index (χ4n) is 3.35. The summed E-state index contributed by atoms with van der Waals surface area (Å²) in [6.07, 6.45) is 1.62. The molecule has 7 heteroatoms. The van der Waals surface area contributed by atoms with Crippen LogP contribution in [0, 0.1) is 0 Å². The number of morpholine rings is 1. The Hall–Kier alpha value is -2.83. The molecule has 1 amide bonds. The van der Waals surface area contributed by atoms with Gasteiger partial charge in [-0.1, -0.05) is 35.9 Å². The van der Waals surface area contributed by atoms with Gasteiger partial charge in [0.1, 0.15) is 11.6 Å². The molecule has 1 aliphatic rings. The summed E-state index contributed by atoms with van der Waals surface area (Å²) in [6.45, 7) is 2.91. The van der Waals surface area contributed by atoms with E-state index in [1.165, 1.54) is 0 Å². The standard InChI is InChI=1S/C21H20ClN3O3/c1-27-19-7-6-14(22)12-18(19)24-21(26)17-13-23-20(25-8-10-28-11-9-25)16-5-3-2-4-15(16)17/h2-7,12-13H,8-11H2,1H3,(H,24,26). The van der Waals surface area contributed by atoms with Gasteiger partial charge in [0, 0.05) is 29.7 Å². The first-order chi connectivity index (χ1) is 13.7. The average molecular weight is 398 g/mol. The summed E-state index contributed by atoms with van der Waals surface area (Å²) in [5.41, 5.74) is 1.01. The zero-order valence-corrected chi connectivity index (χ0v) is 16.2. The number of hydrogen-bond donors (Lipinski definition) is 1. The smallest absolute Gasteiger partial charge is 0.257 e. The molecule has 1 saturated heterocycles. The predicted octanol–water partition coefficient (Wildman–Crippen LogP) is 3.99. The van der Waals surface area contributed by atoms with E-state index in [-0.39, 0.29) is 5.91 Å². The summed E-state index contributed by atoms with van der Waals surface area (Å²) in [5.74, 6) is 1.15. The molecule has 2 heterocycles. The summed E-state index contributed by atoms with van der Waals surface area (Å²) >= 11 is 6.07. The summed E-state index contributed by atoms with van der Waals surface area (Å²) in [7, 11) is 1.55. The van der Waals surface area contributed by atoms with E-state index in [9.17, 15) is 4.79 Å². The number of pyridine rings is 1. The fraction of sp³-hybridized carbons (Fsp3) is 0.238. The highest BCUT2D eigenvalue weighted by Gasteiger charge is 2.19. The molecule has 144 valence electrons. The second kappa shape index (κ2) is 8.04. The number of ether oxygens (including phenoxy) is 2. The van der Waals surface area contributed by atoms with Crippen LogP contribution in [-0.4, -0.2) is 44.3 Å². The normalized spacial score (nSPS) is 14.1. The van der Waals surface area contributed by atoms with Crippen molar-refractivity contribution in [1.29, 1.82) is 0 Å². The summed E-state index contributed by atoms with van der Waals surface area (Å²) < 4.78 is 10.8. The number of benzene rings is 2. The highest BCUT2D eigenvalue weighted by atomic mass is 35.5. The van der Waals surface area contributed by atoms with E-state index in [0.29, 0.717) is 35.2 Å². The van der Waals surface area contributed by atoms with Gasteiger partial charge >= 0.3 is 0 Å². The Kier molecular flexibility index (Phi) is 5.32. The van der Waals surface area contributed by atoms with E-state index in [0.717, 1.165) is 29.7 Å². The van der Waals surface area contributed by atoms with Gasteiger partial charge in [0.2, 0.25) is 0 Å². The number of hydrogen-bond acceptors (Lipinski definition) is 5. The molecule has 2 aromatic carbocycles. The molecule has 1 aliphatic heterocycles. The number of aromatic nitrogens is 1. The van der Waals surface area contributed by atoms with Crippen LogP contribution < -0.4 is 15.0 Å². The number of rotatable bonds is 4. The molecule has 0 aliphatic carbocycles. The van der Waals surface area contributed by atoms with E-state index >= 15 is 0 Å². The number of nitrogens with zero attached hydrogens (tertiary/aromatic N) is 2. The Morgan fingerprint density at radius 1 is 1.18 bits per heavy atom. The first-order valence-electron chi connectivity index (χ1n) is 9.02. The molecule has 3 aromatic rings. The third-order valence-corrected chi connectivity index (χ3v) is 4.97. The number of anilines is 2. The van der Waals surface area contributed by atoms with Crippen molar-refractivity contribution in [1.82, 2.24) is 4.98 Å². The number of carbonyl (C=O) groups is 1. The minimum absolute atomic E-state index is 0.266. The lowest BCUT2D eigenvalue weighted by Gasteiger charge is -2.29. The molecule has 1 fully saturated rings. The minimum atomic E-state index is -0.266. The lowest BCUT2D eigenvalue weighted by Crippen LogP contribution is -2.37. The van der Waals surface area contributed by atoms with E-state index in [4.69, 9.17) is 21.1 Å². The van der Waals surface area contributed by atoms with Gasteiger partial charge in [-0.25, -0.2) is 4.98 Å². The molecule has 1 aromatic heterocycles. The maximum absolute atomic E-state index is 13.0. The molecule has 0 bridgehead atoms. The first kappa shape index (κ1) is 18.5. The second-order valence-corrected chi connectivity index (χ2v) is 6.88. The molecule has 0 saturated carbocycles. The predicted molar refractivity (Wildman–Crippen MR) is 111 cm³/mol. The van der Waals surface area contributed by atoms with Crippen LogP contribution in [0.3, 0.4) is 0 Å².